The van der Waals surface area contributed by atoms with E-state index in [1.807, 2.05) is 6.92 Å². The number of hydrogen-bond acceptors (Lipinski definition) is 3. The Kier molecular flexibility index (Phi) is 6.36. The molecular formula is C14H23N3O. The molecule has 18 heavy (non-hydrogen) atoms. The summed E-state index contributed by atoms with van der Waals surface area (Å²) in [6.07, 6.45) is 4.85. The maximum Gasteiger partial charge on any atom is 0.251 e. The van der Waals surface area contributed by atoms with Crippen LogP contribution in [0.2, 0.25) is 0 Å². The van der Waals surface area contributed by atoms with Gasteiger partial charge in [-0.15, -0.1) is 0 Å². The predicted molar refractivity (Wildman–Crippen MR) is 73.4 cm³/mol. The van der Waals surface area contributed by atoms with Crippen LogP contribution in [-0.4, -0.2) is 24.0 Å². The molecule has 1 heterocycles. The fourth-order valence-electron chi connectivity index (χ4n) is 2.02. The second kappa shape index (κ2) is 7.82. The third-order valence-electron chi connectivity index (χ3n) is 2.98. The summed E-state index contributed by atoms with van der Waals surface area (Å²) < 4.78 is 0. The summed E-state index contributed by atoms with van der Waals surface area (Å²) in [6, 6.07) is 3.53. The van der Waals surface area contributed by atoms with Gasteiger partial charge in [0.05, 0.1) is 0 Å². The number of nitrogens with two attached hydrogens (primary N) is 1. The number of nitrogens with zero attached hydrogens (tertiary/aromatic N) is 1. The number of pyridine rings is 1. The lowest BCUT2D eigenvalue weighted by Gasteiger charge is -2.15. The van der Waals surface area contributed by atoms with Crippen LogP contribution in [0.15, 0.2) is 18.3 Å². The molecule has 4 nitrogen and oxygen atoms in total. The first kappa shape index (κ1) is 14.6. The molecule has 0 bridgehead atoms. The van der Waals surface area contributed by atoms with E-state index in [0.717, 1.165) is 25.0 Å². The summed E-state index contributed by atoms with van der Waals surface area (Å²) in [5.74, 6) is 0.450. The van der Waals surface area contributed by atoms with Gasteiger partial charge in [0, 0.05) is 24.0 Å². The molecule has 0 fully saturated rings. The van der Waals surface area contributed by atoms with Gasteiger partial charge in [-0.2, -0.15) is 0 Å². The highest BCUT2D eigenvalue weighted by molar-refractivity contribution is 5.94. The normalized spacial score (nSPS) is 12.2. The summed E-state index contributed by atoms with van der Waals surface area (Å²) in [7, 11) is 0. The molecule has 0 spiro atoms. The van der Waals surface area contributed by atoms with Crippen molar-refractivity contribution in [2.75, 3.05) is 13.1 Å². The van der Waals surface area contributed by atoms with Crippen molar-refractivity contribution in [3.63, 3.8) is 0 Å². The largest absolute Gasteiger partial charge is 0.352 e. The zero-order valence-corrected chi connectivity index (χ0v) is 11.3. The topological polar surface area (TPSA) is 68.0 Å². The first-order valence-corrected chi connectivity index (χ1v) is 6.58. The van der Waals surface area contributed by atoms with E-state index in [4.69, 9.17) is 5.73 Å². The maximum atomic E-state index is 11.9. The van der Waals surface area contributed by atoms with Gasteiger partial charge in [-0.3, -0.25) is 9.78 Å². The van der Waals surface area contributed by atoms with Crippen molar-refractivity contribution >= 4 is 5.91 Å². The van der Waals surface area contributed by atoms with E-state index in [1.165, 1.54) is 0 Å². The molecule has 1 unspecified atom stereocenters. The van der Waals surface area contributed by atoms with E-state index in [1.54, 1.807) is 18.3 Å². The number of aromatic nitrogens is 1. The van der Waals surface area contributed by atoms with Crippen molar-refractivity contribution in [2.45, 2.75) is 33.1 Å². The lowest BCUT2D eigenvalue weighted by Crippen LogP contribution is -2.30. The van der Waals surface area contributed by atoms with Crippen molar-refractivity contribution in [1.29, 1.82) is 0 Å². The van der Waals surface area contributed by atoms with Gasteiger partial charge in [-0.05, 0) is 44.4 Å². The minimum Gasteiger partial charge on any atom is -0.352 e. The van der Waals surface area contributed by atoms with E-state index in [2.05, 4.69) is 17.2 Å². The summed E-state index contributed by atoms with van der Waals surface area (Å²) in [6.45, 7) is 5.41. The Labute approximate surface area is 109 Å². The van der Waals surface area contributed by atoms with Crippen molar-refractivity contribution in [1.82, 2.24) is 10.3 Å². The fourth-order valence-corrected chi connectivity index (χ4v) is 2.02. The standard InChI is InChI=1S/C14H23N3O/c1-3-4-12(5-7-15)10-17-14(18)13-6-8-16-11(2)9-13/h6,8-9,12H,3-5,7,10,15H2,1-2H3,(H,17,18). The number of aryl methyl sites for hydroxylation is 1. The number of carbonyl (C=O) groups excluding carboxylic acids is 1. The molecule has 0 aromatic carbocycles. The highest BCUT2D eigenvalue weighted by Gasteiger charge is 2.10. The van der Waals surface area contributed by atoms with E-state index >= 15 is 0 Å². The summed E-state index contributed by atoms with van der Waals surface area (Å²) >= 11 is 0. The van der Waals surface area contributed by atoms with Gasteiger partial charge in [0.2, 0.25) is 0 Å². The molecule has 3 N–H and O–H groups in total. The van der Waals surface area contributed by atoms with E-state index in [-0.39, 0.29) is 5.91 Å². The van der Waals surface area contributed by atoms with Gasteiger partial charge < -0.3 is 11.1 Å². The molecule has 0 aliphatic rings. The minimum atomic E-state index is -0.0291. The van der Waals surface area contributed by atoms with Crippen LogP contribution in [-0.2, 0) is 0 Å². The van der Waals surface area contributed by atoms with Crippen molar-refractivity contribution in [2.24, 2.45) is 11.7 Å². The number of amides is 1. The van der Waals surface area contributed by atoms with E-state index in [0.29, 0.717) is 24.6 Å². The molecule has 4 heteroatoms. The Balaban J connectivity index is 2.49. The van der Waals surface area contributed by atoms with Crippen LogP contribution in [0, 0.1) is 12.8 Å². The number of hydrogen-bond donors (Lipinski definition) is 2. The van der Waals surface area contributed by atoms with Gasteiger partial charge in [0.15, 0.2) is 0 Å². The third-order valence-corrected chi connectivity index (χ3v) is 2.98. The molecule has 0 saturated carbocycles. The highest BCUT2D eigenvalue weighted by atomic mass is 16.1. The van der Waals surface area contributed by atoms with Crippen molar-refractivity contribution in [3.8, 4) is 0 Å². The summed E-state index contributed by atoms with van der Waals surface area (Å²) in [5.41, 5.74) is 7.10. The fraction of sp³-hybridized carbons (Fsp3) is 0.571. The zero-order valence-electron chi connectivity index (χ0n) is 11.3. The molecule has 100 valence electrons. The Morgan fingerprint density at radius 2 is 2.28 bits per heavy atom. The molecule has 1 atom stereocenters. The first-order valence-electron chi connectivity index (χ1n) is 6.58. The molecule has 1 aromatic rings. The molecule has 0 radical (unpaired) electrons. The lowest BCUT2D eigenvalue weighted by molar-refractivity contribution is 0.0945. The summed E-state index contributed by atoms with van der Waals surface area (Å²) in [4.78, 5) is 16.0. The van der Waals surface area contributed by atoms with Crippen LogP contribution in [0.4, 0.5) is 0 Å². The SMILES string of the molecule is CCCC(CCN)CNC(=O)c1ccnc(C)c1. The Hall–Kier alpha value is -1.42. The average molecular weight is 249 g/mol. The predicted octanol–water partition coefficient (Wildman–Crippen LogP) is 1.88. The number of rotatable bonds is 7. The van der Waals surface area contributed by atoms with E-state index < -0.39 is 0 Å². The van der Waals surface area contributed by atoms with Crippen LogP contribution in [0.3, 0.4) is 0 Å². The second-order valence-electron chi connectivity index (χ2n) is 4.63. The molecule has 0 saturated heterocycles. The van der Waals surface area contributed by atoms with Gasteiger partial charge in [-0.25, -0.2) is 0 Å². The number of nitrogens with one attached hydrogen (secondary N) is 1. The lowest BCUT2D eigenvalue weighted by atomic mass is 10.00. The van der Waals surface area contributed by atoms with Crippen molar-refractivity contribution in [3.05, 3.63) is 29.6 Å². The highest BCUT2D eigenvalue weighted by Crippen LogP contribution is 2.09. The third kappa shape index (κ3) is 4.84. The zero-order chi connectivity index (χ0) is 13.4. The molecule has 1 amide bonds. The monoisotopic (exact) mass is 249 g/mol. The molecule has 0 aliphatic heterocycles. The van der Waals surface area contributed by atoms with Gasteiger partial charge >= 0.3 is 0 Å². The first-order chi connectivity index (χ1) is 8.67. The maximum absolute atomic E-state index is 11.9. The van der Waals surface area contributed by atoms with Crippen LogP contribution in [0.1, 0.15) is 42.2 Å². The van der Waals surface area contributed by atoms with Crippen LogP contribution < -0.4 is 11.1 Å². The molecular weight excluding hydrogens is 226 g/mol. The van der Waals surface area contributed by atoms with Gasteiger partial charge in [-0.1, -0.05) is 13.3 Å². The molecule has 0 aliphatic carbocycles. The average Bonchev–Trinajstić information content (AvgIpc) is 2.36. The minimum absolute atomic E-state index is 0.0291. The smallest absolute Gasteiger partial charge is 0.251 e. The van der Waals surface area contributed by atoms with Gasteiger partial charge in [0.25, 0.3) is 5.91 Å². The number of carbonyl (C=O) groups is 1. The van der Waals surface area contributed by atoms with Crippen LogP contribution in [0.25, 0.3) is 0 Å². The Morgan fingerprint density at radius 3 is 2.89 bits per heavy atom. The van der Waals surface area contributed by atoms with Crippen LogP contribution in [0.5, 0.6) is 0 Å². The molecule has 1 aromatic heterocycles. The Bertz CT molecular complexity index is 373. The van der Waals surface area contributed by atoms with E-state index in [9.17, 15) is 4.79 Å². The second-order valence-corrected chi connectivity index (χ2v) is 4.63. The van der Waals surface area contributed by atoms with Crippen molar-refractivity contribution < 1.29 is 4.79 Å². The Morgan fingerprint density at radius 1 is 1.50 bits per heavy atom. The van der Waals surface area contributed by atoms with Gasteiger partial charge in [0.1, 0.15) is 0 Å². The quantitative estimate of drug-likeness (QED) is 0.775. The summed E-state index contributed by atoms with van der Waals surface area (Å²) in [5, 5.41) is 2.97. The molecule has 1 rings (SSSR count). The van der Waals surface area contributed by atoms with Crippen LogP contribution >= 0.6 is 0 Å².